The Morgan fingerprint density at radius 1 is 1.04 bits per heavy atom. The number of esters is 1. The van der Waals surface area contributed by atoms with Gasteiger partial charge in [-0.2, -0.15) is 0 Å². The number of para-hydroxylation sites is 1. The summed E-state index contributed by atoms with van der Waals surface area (Å²) in [5.74, 6) is -0.441. The van der Waals surface area contributed by atoms with Crippen molar-refractivity contribution in [1.82, 2.24) is 0 Å². The molecule has 1 amide bonds. The molecule has 2 aromatic rings. The molecular weight excluding hydrogens is 354 g/mol. The molecule has 6 heteroatoms. The largest absolute Gasteiger partial charge is 0.462 e. The van der Waals surface area contributed by atoms with E-state index in [2.05, 4.69) is 27.7 Å². The average molecular weight is 381 g/mol. The van der Waals surface area contributed by atoms with Gasteiger partial charge in [0, 0.05) is 43.1 Å². The molecule has 1 saturated heterocycles. The van der Waals surface area contributed by atoms with Crippen molar-refractivity contribution in [1.29, 1.82) is 0 Å². The number of nitrogens with zero attached hydrogens (tertiary/aromatic N) is 1. The van der Waals surface area contributed by atoms with Crippen LogP contribution in [0.1, 0.15) is 36.5 Å². The summed E-state index contributed by atoms with van der Waals surface area (Å²) in [6, 6.07) is 15.1. The number of ether oxygens (including phenoxy) is 1. The highest BCUT2D eigenvalue weighted by Crippen LogP contribution is 2.22. The molecule has 0 aromatic heterocycles. The molecule has 0 unspecified atom stereocenters. The molecule has 1 aliphatic rings. The van der Waals surface area contributed by atoms with Gasteiger partial charge in [0.2, 0.25) is 5.91 Å². The summed E-state index contributed by atoms with van der Waals surface area (Å²) in [5.41, 5.74) is 3.14. The third kappa shape index (κ3) is 5.25. The first-order valence-corrected chi connectivity index (χ1v) is 9.82. The van der Waals surface area contributed by atoms with Crippen LogP contribution in [0, 0.1) is 0 Å². The SMILES string of the molecule is CCOC(=O)c1ccccc1NCCC(=O)Nc1ccc(N2CCCC2)cc1. The van der Waals surface area contributed by atoms with Crippen LogP contribution >= 0.6 is 0 Å². The molecule has 6 nitrogen and oxygen atoms in total. The summed E-state index contributed by atoms with van der Waals surface area (Å²) >= 11 is 0. The Morgan fingerprint density at radius 3 is 2.46 bits per heavy atom. The van der Waals surface area contributed by atoms with E-state index in [-0.39, 0.29) is 11.9 Å². The maximum Gasteiger partial charge on any atom is 0.340 e. The summed E-state index contributed by atoms with van der Waals surface area (Å²) in [6.45, 7) is 4.73. The maximum atomic E-state index is 12.2. The molecule has 148 valence electrons. The van der Waals surface area contributed by atoms with Crippen molar-refractivity contribution >= 4 is 28.9 Å². The van der Waals surface area contributed by atoms with Crippen LogP contribution in [-0.4, -0.2) is 38.1 Å². The lowest BCUT2D eigenvalue weighted by molar-refractivity contribution is -0.115. The van der Waals surface area contributed by atoms with E-state index in [1.54, 1.807) is 25.1 Å². The monoisotopic (exact) mass is 381 g/mol. The van der Waals surface area contributed by atoms with Gasteiger partial charge in [0.15, 0.2) is 0 Å². The Balaban J connectivity index is 1.48. The molecule has 0 atom stereocenters. The smallest absolute Gasteiger partial charge is 0.340 e. The number of amides is 1. The second kappa shape index (κ2) is 9.78. The standard InChI is InChI=1S/C22H27N3O3/c1-2-28-22(27)19-7-3-4-8-20(19)23-14-13-21(26)24-17-9-11-18(12-10-17)25-15-5-6-16-25/h3-4,7-12,23H,2,5-6,13-16H2,1H3,(H,24,26). The van der Waals surface area contributed by atoms with Crippen LogP contribution in [0.3, 0.4) is 0 Å². The molecule has 0 aliphatic carbocycles. The van der Waals surface area contributed by atoms with Gasteiger partial charge < -0.3 is 20.3 Å². The van der Waals surface area contributed by atoms with Crippen molar-refractivity contribution in [3.63, 3.8) is 0 Å². The number of anilines is 3. The second-order valence-corrected chi connectivity index (χ2v) is 6.73. The average Bonchev–Trinajstić information content (AvgIpc) is 3.24. The first kappa shape index (κ1) is 19.7. The molecule has 0 radical (unpaired) electrons. The first-order valence-electron chi connectivity index (χ1n) is 9.82. The summed E-state index contributed by atoms with van der Waals surface area (Å²) in [6.07, 6.45) is 2.78. The van der Waals surface area contributed by atoms with Crippen LogP contribution in [0.15, 0.2) is 48.5 Å². The molecule has 28 heavy (non-hydrogen) atoms. The summed E-state index contributed by atoms with van der Waals surface area (Å²) in [4.78, 5) is 26.6. The van der Waals surface area contributed by atoms with E-state index >= 15 is 0 Å². The molecule has 0 bridgehead atoms. The minimum Gasteiger partial charge on any atom is -0.462 e. The fraction of sp³-hybridized carbons (Fsp3) is 0.364. The van der Waals surface area contributed by atoms with Gasteiger partial charge in [0.05, 0.1) is 12.2 Å². The van der Waals surface area contributed by atoms with E-state index < -0.39 is 0 Å². The van der Waals surface area contributed by atoms with Gasteiger partial charge in [-0.05, 0) is 56.2 Å². The zero-order chi connectivity index (χ0) is 19.8. The Kier molecular flexibility index (Phi) is 6.89. The molecule has 2 N–H and O–H groups in total. The van der Waals surface area contributed by atoms with E-state index in [0.29, 0.717) is 30.8 Å². The van der Waals surface area contributed by atoms with Gasteiger partial charge in [-0.1, -0.05) is 12.1 Å². The van der Waals surface area contributed by atoms with Gasteiger partial charge in [-0.3, -0.25) is 4.79 Å². The molecule has 0 spiro atoms. The maximum absolute atomic E-state index is 12.2. The number of rotatable bonds is 8. The lowest BCUT2D eigenvalue weighted by atomic mass is 10.1. The number of nitrogens with one attached hydrogen (secondary N) is 2. The molecule has 1 aliphatic heterocycles. The molecule has 3 rings (SSSR count). The van der Waals surface area contributed by atoms with Crippen molar-refractivity contribution in [3.05, 3.63) is 54.1 Å². The second-order valence-electron chi connectivity index (χ2n) is 6.73. The zero-order valence-corrected chi connectivity index (χ0v) is 16.2. The Labute approximate surface area is 165 Å². The Bertz CT molecular complexity index is 799. The minimum atomic E-state index is -0.367. The lowest BCUT2D eigenvalue weighted by Crippen LogP contribution is -2.18. The van der Waals surface area contributed by atoms with Crippen LogP contribution < -0.4 is 15.5 Å². The van der Waals surface area contributed by atoms with Crippen molar-refractivity contribution in [3.8, 4) is 0 Å². The highest BCUT2D eigenvalue weighted by atomic mass is 16.5. The number of carbonyl (C=O) groups is 2. The highest BCUT2D eigenvalue weighted by Gasteiger charge is 2.13. The molecule has 1 fully saturated rings. The fourth-order valence-electron chi connectivity index (χ4n) is 3.29. The van der Waals surface area contributed by atoms with Crippen LogP contribution in [-0.2, 0) is 9.53 Å². The van der Waals surface area contributed by atoms with E-state index in [1.165, 1.54) is 18.5 Å². The molecule has 2 aromatic carbocycles. The molecule has 0 saturated carbocycles. The van der Waals surface area contributed by atoms with Gasteiger partial charge in [-0.25, -0.2) is 4.79 Å². The normalized spacial score (nSPS) is 13.2. The van der Waals surface area contributed by atoms with E-state index in [4.69, 9.17) is 4.74 Å². The third-order valence-electron chi connectivity index (χ3n) is 4.71. The van der Waals surface area contributed by atoms with Crippen LogP contribution in [0.4, 0.5) is 17.1 Å². The van der Waals surface area contributed by atoms with Gasteiger partial charge in [0.25, 0.3) is 0 Å². The number of hydrogen-bond acceptors (Lipinski definition) is 5. The topological polar surface area (TPSA) is 70.7 Å². The van der Waals surface area contributed by atoms with Crippen molar-refractivity contribution in [2.75, 3.05) is 41.8 Å². The van der Waals surface area contributed by atoms with Crippen molar-refractivity contribution in [2.45, 2.75) is 26.2 Å². The van der Waals surface area contributed by atoms with E-state index in [9.17, 15) is 9.59 Å². The summed E-state index contributed by atoms with van der Waals surface area (Å²) in [5, 5.41) is 6.06. The third-order valence-corrected chi connectivity index (χ3v) is 4.71. The van der Waals surface area contributed by atoms with Gasteiger partial charge in [-0.15, -0.1) is 0 Å². The minimum absolute atomic E-state index is 0.0740. The highest BCUT2D eigenvalue weighted by molar-refractivity contribution is 5.96. The summed E-state index contributed by atoms with van der Waals surface area (Å²) < 4.78 is 5.06. The molecular formula is C22H27N3O3. The first-order chi connectivity index (χ1) is 13.7. The number of benzene rings is 2. The van der Waals surface area contributed by atoms with Crippen molar-refractivity contribution < 1.29 is 14.3 Å². The Morgan fingerprint density at radius 2 is 1.75 bits per heavy atom. The van der Waals surface area contributed by atoms with Gasteiger partial charge in [0.1, 0.15) is 0 Å². The van der Waals surface area contributed by atoms with Crippen LogP contribution in [0.25, 0.3) is 0 Å². The van der Waals surface area contributed by atoms with Crippen LogP contribution in [0.5, 0.6) is 0 Å². The lowest BCUT2D eigenvalue weighted by Gasteiger charge is -2.17. The summed E-state index contributed by atoms with van der Waals surface area (Å²) in [7, 11) is 0. The Hall–Kier alpha value is -3.02. The predicted molar refractivity (Wildman–Crippen MR) is 112 cm³/mol. The number of carbonyl (C=O) groups excluding carboxylic acids is 2. The zero-order valence-electron chi connectivity index (χ0n) is 16.2. The van der Waals surface area contributed by atoms with Crippen molar-refractivity contribution in [2.24, 2.45) is 0 Å². The predicted octanol–water partition coefficient (Wildman–Crippen LogP) is 3.90. The fourth-order valence-corrected chi connectivity index (χ4v) is 3.29. The van der Waals surface area contributed by atoms with E-state index in [0.717, 1.165) is 18.8 Å². The van der Waals surface area contributed by atoms with E-state index in [1.807, 2.05) is 18.2 Å². The van der Waals surface area contributed by atoms with Gasteiger partial charge >= 0.3 is 5.97 Å². The molecule has 1 heterocycles. The van der Waals surface area contributed by atoms with Crippen LogP contribution in [0.2, 0.25) is 0 Å². The number of hydrogen-bond donors (Lipinski definition) is 2. The quantitative estimate of drug-likeness (QED) is 0.679.